The third-order valence-corrected chi connectivity index (χ3v) is 15.7. The summed E-state index contributed by atoms with van der Waals surface area (Å²) < 4.78 is 47.2. The van der Waals surface area contributed by atoms with Gasteiger partial charge in [-0.25, -0.2) is 0 Å². The van der Waals surface area contributed by atoms with Gasteiger partial charge in [0, 0.05) is 32.7 Å². The molecule has 0 atom stereocenters. The van der Waals surface area contributed by atoms with E-state index < -0.39 is 11.7 Å². The first-order valence-electron chi connectivity index (χ1n) is 26.6. The molecule has 0 unspecified atom stereocenters. The largest absolute Gasteiger partial charge is 0.416 e. The Labute approximate surface area is 461 Å². The lowest BCUT2D eigenvalue weighted by Crippen LogP contribution is -2.05. The number of aromatic nitrogens is 2. The van der Waals surface area contributed by atoms with Crippen LogP contribution in [-0.2, 0) is 6.18 Å². The Morgan fingerprint density at radius 3 is 0.988 bits per heavy atom. The summed E-state index contributed by atoms with van der Waals surface area (Å²) >= 11 is 0. The molecule has 0 radical (unpaired) electrons. The van der Waals surface area contributed by atoms with Crippen LogP contribution >= 0.6 is 0 Å². The lowest BCUT2D eigenvalue weighted by Gasteiger charge is -2.20. The minimum atomic E-state index is -4.64. The first-order chi connectivity index (χ1) is 38.8. The number of nitrogens with zero attached hydrogens (tertiary/aromatic N) is 4. The number of nitriles is 2. The number of rotatable bonds is 8. The van der Waals surface area contributed by atoms with Crippen molar-refractivity contribution in [3.8, 4) is 90.3 Å². The molecule has 382 valence electrons. The average Bonchev–Trinajstić information content (AvgIpc) is 4.05. The van der Waals surface area contributed by atoms with Crippen molar-refractivity contribution in [1.82, 2.24) is 9.13 Å². The van der Waals surface area contributed by atoms with Crippen LogP contribution in [0.5, 0.6) is 0 Å². The van der Waals surface area contributed by atoms with E-state index in [1.807, 2.05) is 36.4 Å². The fraction of sp³-hybridized carbons (Fsp3) is 0.0685. The van der Waals surface area contributed by atoms with Crippen LogP contribution in [0.3, 0.4) is 0 Å². The number of hydrogen-bond acceptors (Lipinski definition) is 2. The smallest absolute Gasteiger partial charge is 0.309 e. The van der Waals surface area contributed by atoms with Crippen LogP contribution in [0, 0.1) is 50.4 Å². The topological polar surface area (TPSA) is 57.4 Å². The maximum atomic E-state index is 14.2. The summed E-state index contributed by atoms with van der Waals surface area (Å²) in [6, 6.07) is 79.9. The minimum Gasteiger partial charge on any atom is -0.309 e. The molecule has 0 aliphatic rings. The van der Waals surface area contributed by atoms with Gasteiger partial charge in [-0.15, -0.1) is 0 Å². The van der Waals surface area contributed by atoms with Crippen LogP contribution < -0.4 is 0 Å². The van der Waals surface area contributed by atoms with Gasteiger partial charge in [0.1, 0.15) is 0 Å². The molecule has 11 aromatic carbocycles. The zero-order chi connectivity index (χ0) is 55.0. The first-order valence-corrected chi connectivity index (χ1v) is 26.6. The van der Waals surface area contributed by atoms with E-state index >= 15 is 0 Å². The highest BCUT2D eigenvalue weighted by Gasteiger charge is 2.31. The summed E-state index contributed by atoms with van der Waals surface area (Å²) in [6.07, 6.45) is -4.64. The van der Waals surface area contributed by atoms with Crippen molar-refractivity contribution < 1.29 is 13.2 Å². The van der Waals surface area contributed by atoms with Crippen LogP contribution in [0.1, 0.15) is 38.9 Å². The monoisotopic (exact) mass is 1040 g/mol. The van der Waals surface area contributed by atoms with Crippen molar-refractivity contribution in [3.05, 3.63) is 263 Å². The molecule has 0 amide bonds. The summed E-state index contributed by atoms with van der Waals surface area (Å²) in [7, 11) is 0. The molecule has 0 spiro atoms. The molecule has 0 bridgehead atoms. The lowest BCUT2D eigenvalue weighted by atomic mass is 9.93. The number of alkyl halides is 3. The maximum absolute atomic E-state index is 14.2. The standard InChI is InChI=1S/C73H49F3N4/c1-44-5-14-49(15-6-44)53-23-31-67-63(37-53)64-38-54(50-16-7-45(2)8-17-50)24-32-68(64)79(67)71-35-48(42-77)13-28-61(71)62-29-22-57(60-30-27-59(73(74,75)76)36-58(60)43-78)41-72(62)80-69-33-25-55(51-18-9-46(3)10-19-51)39-65(69)66-40-56(26-34-70(66)80)52-20-11-47(4)12-21-52/h5-41H,1-4H3. The molecule has 7 heteroatoms. The number of aryl methyl sites for hydroxylation is 4. The van der Waals surface area contributed by atoms with Gasteiger partial charge in [-0.05, 0) is 162 Å². The Balaban J connectivity index is 1.11. The van der Waals surface area contributed by atoms with Crippen LogP contribution in [-0.4, -0.2) is 9.13 Å². The number of benzene rings is 11. The molecular formula is C73H49F3N4. The molecule has 0 aliphatic carbocycles. The molecule has 2 aromatic heterocycles. The Bertz CT molecular complexity index is 4510. The van der Waals surface area contributed by atoms with E-state index in [2.05, 4.69) is 219 Å². The third-order valence-electron chi connectivity index (χ3n) is 15.7. The van der Waals surface area contributed by atoms with Crippen LogP contribution in [0.15, 0.2) is 224 Å². The van der Waals surface area contributed by atoms with Gasteiger partial charge in [0.25, 0.3) is 0 Å². The van der Waals surface area contributed by atoms with E-state index in [4.69, 9.17) is 0 Å². The highest BCUT2D eigenvalue weighted by atomic mass is 19.4. The van der Waals surface area contributed by atoms with E-state index in [0.29, 0.717) is 16.7 Å². The lowest BCUT2D eigenvalue weighted by molar-refractivity contribution is -0.137. The van der Waals surface area contributed by atoms with Crippen molar-refractivity contribution in [2.24, 2.45) is 0 Å². The number of hydrogen-bond donors (Lipinski definition) is 0. The third kappa shape index (κ3) is 8.67. The van der Waals surface area contributed by atoms with Crippen molar-refractivity contribution in [3.63, 3.8) is 0 Å². The molecular weight excluding hydrogens is 990 g/mol. The quantitative estimate of drug-likeness (QED) is 0.152. The van der Waals surface area contributed by atoms with Gasteiger partial charge >= 0.3 is 6.18 Å². The van der Waals surface area contributed by atoms with E-state index in [0.717, 1.165) is 134 Å². The van der Waals surface area contributed by atoms with Crippen molar-refractivity contribution in [1.29, 1.82) is 10.5 Å². The molecule has 13 rings (SSSR count). The Kier molecular flexibility index (Phi) is 11.9. The maximum Gasteiger partial charge on any atom is 0.416 e. The molecule has 4 nitrogen and oxygen atoms in total. The molecule has 0 fully saturated rings. The van der Waals surface area contributed by atoms with Crippen molar-refractivity contribution >= 4 is 43.6 Å². The molecule has 0 aliphatic heterocycles. The summed E-state index contributed by atoms with van der Waals surface area (Å²) in [5.41, 5.74) is 20.5. The van der Waals surface area contributed by atoms with Gasteiger partial charge < -0.3 is 9.13 Å². The number of fused-ring (bicyclic) bond motifs is 6. The van der Waals surface area contributed by atoms with Gasteiger partial charge in [0.15, 0.2) is 0 Å². The zero-order valence-electron chi connectivity index (χ0n) is 44.3. The van der Waals surface area contributed by atoms with Gasteiger partial charge in [-0.3, -0.25) is 0 Å². The molecule has 0 saturated carbocycles. The van der Waals surface area contributed by atoms with Gasteiger partial charge in [-0.2, -0.15) is 23.7 Å². The van der Waals surface area contributed by atoms with E-state index in [-0.39, 0.29) is 5.56 Å². The highest BCUT2D eigenvalue weighted by Crippen LogP contribution is 2.46. The summed E-state index contributed by atoms with van der Waals surface area (Å²) in [6.45, 7) is 8.33. The van der Waals surface area contributed by atoms with Crippen molar-refractivity contribution in [2.45, 2.75) is 33.9 Å². The summed E-state index contributed by atoms with van der Waals surface area (Å²) in [4.78, 5) is 0. The first kappa shape index (κ1) is 49.4. The van der Waals surface area contributed by atoms with E-state index in [9.17, 15) is 23.7 Å². The van der Waals surface area contributed by atoms with Gasteiger partial charge in [-0.1, -0.05) is 168 Å². The number of halogens is 3. The van der Waals surface area contributed by atoms with E-state index in [1.165, 1.54) is 17.2 Å². The Morgan fingerprint density at radius 2 is 0.637 bits per heavy atom. The molecule has 13 aromatic rings. The second kappa shape index (κ2) is 19.4. The summed E-state index contributed by atoms with van der Waals surface area (Å²) in [5, 5.41) is 25.3. The second-order valence-corrected chi connectivity index (χ2v) is 21.0. The van der Waals surface area contributed by atoms with Crippen molar-refractivity contribution in [2.75, 3.05) is 0 Å². The summed E-state index contributed by atoms with van der Waals surface area (Å²) in [5.74, 6) is 0. The van der Waals surface area contributed by atoms with Gasteiger partial charge in [0.05, 0.1) is 62.3 Å². The highest BCUT2D eigenvalue weighted by molar-refractivity contribution is 6.14. The van der Waals surface area contributed by atoms with Crippen LogP contribution in [0.25, 0.3) is 122 Å². The Morgan fingerprint density at radius 1 is 0.312 bits per heavy atom. The normalized spacial score (nSPS) is 11.7. The Hall–Kier alpha value is -10.2. The molecule has 2 heterocycles. The molecule has 0 N–H and O–H groups in total. The predicted octanol–water partition coefficient (Wildman–Crippen LogP) is 19.9. The second-order valence-electron chi connectivity index (χ2n) is 21.0. The fourth-order valence-corrected chi connectivity index (χ4v) is 11.5. The van der Waals surface area contributed by atoms with Crippen LogP contribution in [0.2, 0.25) is 0 Å². The SMILES string of the molecule is Cc1ccc(-c2ccc3c(c2)c2cc(-c4ccc(C)cc4)ccc2n3-c2cc(C#N)ccc2-c2ccc(-c3ccc(C(F)(F)F)cc3C#N)cc2-n2c3ccc(-c4ccc(C)cc4)cc3c3cc(-c4ccc(C)cc4)ccc32)cc1. The van der Waals surface area contributed by atoms with Crippen LogP contribution in [0.4, 0.5) is 13.2 Å². The zero-order valence-corrected chi connectivity index (χ0v) is 44.3. The van der Waals surface area contributed by atoms with E-state index in [1.54, 1.807) is 0 Å². The van der Waals surface area contributed by atoms with Gasteiger partial charge in [0.2, 0.25) is 0 Å². The fourth-order valence-electron chi connectivity index (χ4n) is 11.5. The predicted molar refractivity (Wildman–Crippen MR) is 321 cm³/mol. The average molecular weight is 1040 g/mol. The minimum absolute atomic E-state index is 0.0921. The molecule has 0 saturated heterocycles. The molecule has 80 heavy (non-hydrogen) atoms.